The van der Waals surface area contributed by atoms with Gasteiger partial charge in [-0.05, 0) is 104 Å². The van der Waals surface area contributed by atoms with Crippen LogP contribution in [0.25, 0.3) is 94.0 Å². The molecule has 0 radical (unpaired) electrons. The van der Waals surface area contributed by atoms with E-state index in [1.54, 1.807) is 0 Å². The maximum absolute atomic E-state index is 5.42. The van der Waals surface area contributed by atoms with Crippen molar-refractivity contribution in [2.45, 2.75) is 6.92 Å². The summed E-state index contributed by atoms with van der Waals surface area (Å²) in [5.74, 6) is 0.674. The highest BCUT2D eigenvalue weighted by atomic mass is 14.9. The SMILES string of the molecule is C=C/C=C(\C=C/C)c1ccc(-c2nc(-c3ccc(-c4ccncc4)cc3)c3cc(-c4ccc5ccccc5c4)cc(-c4ccc5ccccc5c4)c3n2)cc1. The first-order chi connectivity index (χ1) is 27.1. The Hall–Kier alpha value is -7.23. The van der Waals surface area contributed by atoms with Crippen molar-refractivity contribution in [2.75, 3.05) is 0 Å². The third kappa shape index (κ3) is 6.65. The van der Waals surface area contributed by atoms with Gasteiger partial charge >= 0.3 is 0 Å². The van der Waals surface area contributed by atoms with E-state index in [1.807, 2.05) is 49.7 Å². The number of hydrogen-bond acceptors (Lipinski definition) is 3. The molecule has 0 saturated carbocycles. The highest BCUT2D eigenvalue weighted by Gasteiger charge is 2.18. The van der Waals surface area contributed by atoms with Crippen molar-refractivity contribution in [3.05, 3.63) is 207 Å². The van der Waals surface area contributed by atoms with E-state index in [4.69, 9.17) is 9.97 Å². The zero-order valence-corrected chi connectivity index (χ0v) is 30.5. The lowest BCUT2D eigenvalue weighted by molar-refractivity contribution is 1.23. The first-order valence-corrected chi connectivity index (χ1v) is 18.6. The molecule has 0 spiro atoms. The summed E-state index contributed by atoms with van der Waals surface area (Å²) in [6.45, 7) is 5.94. The maximum Gasteiger partial charge on any atom is 0.160 e. The van der Waals surface area contributed by atoms with Gasteiger partial charge in [-0.3, -0.25) is 4.98 Å². The number of benzene rings is 7. The first-order valence-electron chi connectivity index (χ1n) is 18.6. The molecule has 0 aliphatic rings. The zero-order valence-electron chi connectivity index (χ0n) is 30.5. The first kappa shape index (κ1) is 33.6. The summed E-state index contributed by atoms with van der Waals surface area (Å²) in [6, 6.07) is 56.3. The maximum atomic E-state index is 5.42. The van der Waals surface area contributed by atoms with Crippen molar-refractivity contribution in [2.24, 2.45) is 0 Å². The van der Waals surface area contributed by atoms with Crippen molar-refractivity contribution in [3.8, 4) is 56.0 Å². The lowest BCUT2D eigenvalue weighted by atomic mass is 9.91. The van der Waals surface area contributed by atoms with Crippen LogP contribution in [-0.4, -0.2) is 15.0 Å². The minimum Gasteiger partial charge on any atom is -0.265 e. The van der Waals surface area contributed by atoms with Crippen LogP contribution in [0.15, 0.2) is 201 Å². The summed E-state index contributed by atoms with van der Waals surface area (Å²) in [4.78, 5) is 15.0. The summed E-state index contributed by atoms with van der Waals surface area (Å²) in [6.07, 6.45) is 11.6. The molecule has 260 valence electrons. The van der Waals surface area contributed by atoms with Crippen LogP contribution in [0.2, 0.25) is 0 Å². The second-order valence-electron chi connectivity index (χ2n) is 13.7. The molecular formula is C52H37N3. The number of nitrogens with zero attached hydrogens (tertiary/aromatic N) is 3. The molecule has 3 nitrogen and oxygen atoms in total. The topological polar surface area (TPSA) is 38.7 Å². The van der Waals surface area contributed by atoms with E-state index in [0.717, 1.165) is 72.2 Å². The Labute approximate surface area is 321 Å². The monoisotopic (exact) mass is 703 g/mol. The molecule has 7 aromatic carbocycles. The van der Waals surface area contributed by atoms with Gasteiger partial charge in [0.1, 0.15) is 0 Å². The average molecular weight is 704 g/mol. The van der Waals surface area contributed by atoms with Gasteiger partial charge < -0.3 is 0 Å². The quantitative estimate of drug-likeness (QED) is 0.148. The van der Waals surface area contributed by atoms with Gasteiger partial charge in [0.15, 0.2) is 5.82 Å². The largest absolute Gasteiger partial charge is 0.265 e. The van der Waals surface area contributed by atoms with Gasteiger partial charge in [0.2, 0.25) is 0 Å². The van der Waals surface area contributed by atoms with Crippen LogP contribution in [0.1, 0.15) is 12.5 Å². The molecule has 0 unspecified atom stereocenters. The minimum absolute atomic E-state index is 0.674. The Kier molecular flexibility index (Phi) is 8.95. The standard InChI is InChI=1S/C52H37N3/c1-3-9-35(10-4-2)38-17-23-42(24-18-38)52-54-50(41-21-15-39(16-22-41)40-27-29-53-30-28-40)49-34-47(45-25-19-36-11-5-7-13-43(36)31-45)33-48(51(49)55-52)46-26-20-37-12-6-8-14-44(37)32-46/h3-34H,1H2,2H3/b10-4-,35-9+. The van der Waals surface area contributed by atoms with Gasteiger partial charge in [-0.25, -0.2) is 9.97 Å². The fourth-order valence-corrected chi connectivity index (χ4v) is 7.43. The predicted octanol–water partition coefficient (Wildman–Crippen LogP) is 13.8. The number of allylic oxidation sites excluding steroid dienone is 5. The van der Waals surface area contributed by atoms with Gasteiger partial charge in [-0.1, -0.05) is 152 Å². The van der Waals surface area contributed by atoms with Crippen LogP contribution in [0.3, 0.4) is 0 Å². The molecule has 2 aromatic heterocycles. The summed E-state index contributed by atoms with van der Waals surface area (Å²) in [7, 11) is 0. The molecule has 0 aliphatic heterocycles. The number of pyridine rings is 1. The lowest BCUT2D eigenvalue weighted by Crippen LogP contribution is -1.98. The third-order valence-electron chi connectivity index (χ3n) is 10.2. The van der Waals surface area contributed by atoms with Crippen LogP contribution in [0.5, 0.6) is 0 Å². The molecule has 0 amide bonds. The van der Waals surface area contributed by atoms with Crippen molar-refractivity contribution < 1.29 is 0 Å². The highest BCUT2D eigenvalue weighted by Crippen LogP contribution is 2.40. The summed E-state index contributed by atoms with van der Waals surface area (Å²) < 4.78 is 0. The normalized spacial score (nSPS) is 11.8. The molecule has 0 aliphatic carbocycles. The van der Waals surface area contributed by atoms with E-state index in [-0.39, 0.29) is 0 Å². The molecule has 0 atom stereocenters. The number of rotatable bonds is 8. The van der Waals surface area contributed by atoms with Gasteiger partial charge in [0.25, 0.3) is 0 Å². The summed E-state index contributed by atoms with van der Waals surface area (Å²) in [5.41, 5.74) is 12.6. The predicted molar refractivity (Wildman–Crippen MR) is 233 cm³/mol. The molecule has 0 bridgehead atoms. The van der Waals surface area contributed by atoms with Gasteiger partial charge in [0, 0.05) is 34.5 Å². The van der Waals surface area contributed by atoms with Crippen LogP contribution in [0, 0.1) is 0 Å². The summed E-state index contributed by atoms with van der Waals surface area (Å²) >= 11 is 0. The lowest BCUT2D eigenvalue weighted by Gasteiger charge is -2.16. The molecule has 2 heterocycles. The fraction of sp³-hybridized carbons (Fsp3) is 0.0192. The molecule has 9 rings (SSSR count). The molecule has 0 fully saturated rings. The molecule has 0 saturated heterocycles. The number of hydrogen-bond donors (Lipinski definition) is 0. The van der Waals surface area contributed by atoms with E-state index in [2.05, 4.69) is 163 Å². The van der Waals surface area contributed by atoms with Gasteiger partial charge in [-0.15, -0.1) is 0 Å². The summed E-state index contributed by atoms with van der Waals surface area (Å²) in [5, 5.41) is 5.80. The van der Waals surface area contributed by atoms with Crippen molar-refractivity contribution in [3.63, 3.8) is 0 Å². The van der Waals surface area contributed by atoms with Crippen LogP contribution >= 0.6 is 0 Å². The van der Waals surface area contributed by atoms with Crippen molar-refractivity contribution in [1.29, 1.82) is 0 Å². The van der Waals surface area contributed by atoms with Crippen LogP contribution in [-0.2, 0) is 0 Å². The van der Waals surface area contributed by atoms with E-state index in [0.29, 0.717) is 5.82 Å². The molecule has 0 N–H and O–H groups in total. The van der Waals surface area contributed by atoms with Crippen molar-refractivity contribution >= 4 is 38.0 Å². The molecule has 9 aromatic rings. The highest BCUT2D eigenvalue weighted by molar-refractivity contribution is 6.06. The average Bonchev–Trinajstić information content (AvgIpc) is 3.25. The van der Waals surface area contributed by atoms with Crippen LogP contribution in [0.4, 0.5) is 0 Å². The second kappa shape index (κ2) is 14.7. The zero-order chi connectivity index (χ0) is 37.1. The Morgan fingerprint density at radius 3 is 1.76 bits per heavy atom. The molecule has 3 heteroatoms. The number of fused-ring (bicyclic) bond motifs is 3. The Morgan fingerprint density at radius 2 is 1.09 bits per heavy atom. The fourth-order valence-electron chi connectivity index (χ4n) is 7.43. The van der Waals surface area contributed by atoms with E-state index in [1.165, 1.54) is 21.5 Å². The molecular weight excluding hydrogens is 667 g/mol. The van der Waals surface area contributed by atoms with Crippen LogP contribution < -0.4 is 0 Å². The Bertz CT molecular complexity index is 2920. The van der Waals surface area contributed by atoms with E-state index >= 15 is 0 Å². The Balaban J connectivity index is 1.31. The molecule has 55 heavy (non-hydrogen) atoms. The Morgan fingerprint density at radius 1 is 0.509 bits per heavy atom. The van der Waals surface area contributed by atoms with Gasteiger partial charge in [0.05, 0.1) is 11.2 Å². The van der Waals surface area contributed by atoms with E-state index < -0.39 is 0 Å². The van der Waals surface area contributed by atoms with E-state index in [9.17, 15) is 0 Å². The minimum atomic E-state index is 0.674. The number of aromatic nitrogens is 3. The van der Waals surface area contributed by atoms with Gasteiger partial charge in [-0.2, -0.15) is 0 Å². The second-order valence-corrected chi connectivity index (χ2v) is 13.7. The third-order valence-corrected chi connectivity index (χ3v) is 10.2. The smallest absolute Gasteiger partial charge is 0.160 e. The van der Waals surface area contributed by atoms with Crippen molar-refractivity contribution in [1.82, 2.24) is 15.0 Å².